The van der Waals surface area contributed by atoms with E-state index in [-0.39, 0.29) is 5.78 Å². The van der Waals surface area contributed by atoms with E-state index < -0.39 is 0 Å². The summed E-state index contributed by atoms with van der Waals surface area (Å²) < 4.78 is 0. The Bertz CT molecular complexity index is 336. The van der Waals surface area contributed by atoms with Crippen molar-refractivity contribution in [2.45, 2.75) is 19.8 Å². The van der Waals surface area contributed by atoms with Crippen molar-refractivity contribution in [3.8, 4) is 0 Å². The van der Waals surface area contributed by atoms with E-state index in [2.05, 4.69) is 15.9 Å². The van der Waals surface area contributed by atoms with Gasteiger partial charge < -0.3 is 0 Å². The maximum Gasteiger partial charge on any atom is 0.162 e. The van der Waals surface area contributed by atoms with Crippen LogP contribution in [0.3, 0.4) is 0 Å². The number of rotatable bonds is 4. The number of halogens is 2. The Kier molecular flexibility index (Phi) is 4.63. The van der Waals surface area contributed by atoms with E-state index in [1.165, 1.54) is 0 Å². The number of alkyl halides is 1. The second kappa shape index (κ2) is 5.52. The highest BCUT2D eigenvalue weighted by molar-refractivity contribution is 9.09. The molecule has 0 amide bonds. The second-order valence-electron chi connectivity index (χ2n) is 3.18. The highest BCUT2D eigenvalue weighted by atomic mass is 79.9. The standard InChI is InChI=1S/C11H12BrClO/c1-8-4-5-9(7-10(8)13)11(14)3-2-6-12/h4-5,7H,2-3,6H2,1H3. The van der Waals surface area contributed by atoms with Crippen LogP contribution in [-0.2, 0) is 0 Å². The normalized spacial score (nSPS) is 10.2. The monoisotopic (exact) mass is 274 g/mol. The quantitative estimate of drug-likeness (QED) is 0.599. The van der Waals surface area contributed by atoms with Gasteiger partial charge in [0, 0.05) is 22.3 Å². The van der Waals surface area contributed by atoms with Crippen LogP contribution in [0.2, 0.25) is 5.02 Å². The van der Waals surface area contributed by atoms with Crippen molar-refractivity contribution >= 4 is 33.3 Å². The first-order valence-electron chi connectivity index (χ1n) is 4.50. The van der Waals surface area contributed by atoms with Crippen LogP contribution in [0.4, 0.5) is 0 Å². The fourth-order valence-corrected chi connectivity index (χ4v) is 1.60. The van der Waals surface area contributed by atoms with Crippen LogP contribution >= 0.6 is 27.5 Å². The minimum Gasteiger partial charge on any atom is -0.294 e. The maximum absolute atomic E-state index is 11.6. The largest absolute Gasteiger partial charge is 0.294 e. The molecule has 0 radical (unpaired) electrons. The molecule has 0 N–H and O–H groups in total. The summed E-state index contributed by atoms with van der Waals surface area (Å²) in [5, 5.41) is 1.52. The first-order valence-corrected chi connectivity index (χ1v) is 6.00. The van der Waals surface area contributed by atoms with Gasteiger partial charge in [-0.1, -0.05) is 39.7 Å². The van der Waals surface area contributed by atoms with Gasteiger partial charge in [-0.15, -0.1) is 0 Å². The molecule has 1 aromatic rings. The molecular formula is C11H12BrClO. The molecule has 3 heteroatoms. The summed E-state index contributed by atoms with van der Waals surface area (Å²) in [6, 6.07) is 5.45. The average Bonchev–Trinajstić information content (AvgIpc) is 2.18. The lowest BCUT2D eigenvalue weighted by molar-refractivity contribution is 0.0982. The fourth-order valence-electron chi connectivity index (χ4n) is 1.14. The molecule has 0 aliphatic heterocycles. The zero-order chi connectivity index (χ0) is 10.6. The summed E-state index contributed by atoms with van der Waals surface area (Å²) in [7, 11) is 0. The van der Waals surface area contributed by atoms with Crippen LogP contribution in [-0.4, -0.2) is 11.1 Å². The molecule has 76 valence electrons. The van der Waals surface area contributed by atoms with Crippen molar-refractivity contribution < 1.29 is 4.79 Å². The lowest BCUT2D eigenvalue weighted by Crippen LogP contribution is -1.99. The summed E-state index contributed by atoms with van der Waals surface area (Å²) in [5.41, 5.74) is 1.71. The molecule has 0 unspecified atom stereocenters. The molecule has 14 heavy (non-hydrogen) atoms. The van der Waals surface area contributed by atoms with Crippen molar-refractivity contribution in [3.63, 3.8) is 0 Å². The minimum absolute atomic E-state index is 0.159. The van der Waals surface area contributed by atoms with E-state index in [0.717, 1.165) is 17.3 Å². The number of ketones is 1. The van der Waals surface area contributed by atoms with Crippen molar-refractivity contribution in [3.05, 3.63) is 34.3 Å². The molecule has 1 aromatic carbocycles. The smallest absolute Gasteiger partial charge is 0.162 e. The average molecular weight is 276 g/mol. The molecular weight excluding hydrogens is 263 g/mol. The van der Waals surface area contributed by atoms with Gasteiger partial charge in [0.05, 0.1) is 0 Å². The van der Waals surface area contributed by atoms with Gasteiger partial charge in [-0.05, 0) is 25.0 Å². The summed E-state index contributed by atoms with van der Waals surface area (Å²) in [6.45, 7) is 1.93. The number of hydrogen-bond acceptors (Lipinski definition) is 1. The van der Waals surface area contributed by atoms with Gasteiger partial charge in [0.25, 0.3) is 0 Å². The summed E-state index contributed by atoms with van der Waals surface area (Å²) in [5.74, 6) is 0.159. The van der Waals surface area contributed by atoms with Gasteiger partial charge in [0.15, 0.2) is 5.78 Å². The SMILES string of the molecule is Cc1ccc(C(=O)CCCBr)cc1Cl. The lowest BCUT2D eigenvalue weighted by Gasteiger charge is -2.02. The lowest BCUT2D eigenvalue weighted by atomic mass is 10.1. The zero-order valence-corrected chi connectivity index (χ0v) is 10.4. The van der Waals surface area contributed by atoms with E-state index >= 15 is 0 Å². The van der Waals surface area contributed by atoms with E-state index in [4.69, 9.17) is 11.6 Å². The fraction of sp³-hybridized carbons (Fsp3) is 0.364. The highest BCUT2D eigenvalue weighted by Gasteiger charge is 2.06. The summed E-state index contributed by atoms with van der Waals surface area (Å²) in [6.07, 6.45) is 1.44. The van der Waals surface area contributed by atoms with Crippen LogP contribution in [0.25, 0.3) is 0 Å². The van der Waals surface area contributed by atoms with Crippen molar-refractivity contribution in [2.75, 3.05) is 5.33 Å². The van der Waals surface area contributed by atoms with E-state index in [1.54, 1.807) is 6.07 Å². The Hall–Kier alpha value is -0.340. The molecule has 0 atom stereocenters. The molecule has 0 bridgehead atoms. The number of benzene rings is 1. The molecule has 0 aliphatic rings. The molecule has 1 nitrogen and oxygen atoms in total. The number of aryl methyl sites for hydroxylation is 1. The van der Waals surface area contributed by atoms with Crippen molar-refractivity contribution in [2.24, 2.45) is 0 Å². The first kappa shape index (κ1) is 11.7. The van der Waals surface area contributed by atoms with Gasteiger partial charge in [0.1, 0.15) is 0 Å². The molecule has 0 saturated heterocycles. The van der Waals surface area contributed by atoms with E-state index in [0.29, 0.717) is 17.0 Å². The van der Waals surface area contributed by atoms with Crippen LogP contribution in [0, 0.1) is 6.92 Å². The minimum atomic E-state index is 0.159. The van der Waals surface area contributed by atoms with Gasteiger partial charge in [-0.25, -0.2) is 0 Å². The van der Waals surface area contributed by atoms with Crippen LogP contribution in [0.15, 0.2) is 18.2 Å². The number of carbonyl (C=O) groups is 1. The van der Waals surface area contributed by atoms with E-state index in [1.807, 2.05) is 19.1 Å². The maximum atomic E-state index is 11.6. The molecule has 0 spiro atoms. The van der Waals surface area contributed by atoms with Gasteiger partial charge in [-0.2, -0.15) is 0 Å². The number of hydrogen-bond donors (Lipinski definition) is 0. The Morgan fingerprint density at radius 3 is 2.79 bits per heavy atom. The Balaban J connectivity index is 2.76. The molecule has 0 aromatic heterocycles. The van der Waals surface area contributed by atoms with Crippen LogP contribution < -0.4 is 0 Å². The molecule has 0 fully saturated rings. The summed E-state index contributed by atoms with van der Waals surface area (Å²) in [4.78, 5) is 11.6. The Labute approximate surface area is 97.6 Å². The predicted molar refractivity (Wildman–Crippen MR) is 63.5 cm³/mol. The third-order valence-corrected chi connectivity index (χ3v) is 3.00. The van der Waals surface area contributed by atoms with E-state index in [9.17, 15) is 4.79 Å². The molecule has 1 rings (SSSR count). The third-order valence-electron chi connectivity index (χ3n) is 2.03. The number of Topliss-reactive ketones (excluding diaryl/α,β-unsaturated/α-hetero) is 1. The molecule has 0 aliphatic carbocycles. The van der Waals surface area contributed by atoms with Gasteiger partial charge in [0.2, 0.25) is 0 Å². The number of carbonyl (C=O) groups excluding carboxylic acids is 1. The molecule has 0 saturated carbocycles. The zero-order valence-electron chi connectivity index (χ0n) is 8.02. The van der Waals surface area contributed by atoms with Crippen LogP contribution in [0.1, 0.15) is 28.8 Å². The Morgan fingerprint density at radius 1 is 1.50 bits per heavy atom. The first-order chi connectivity index (χ1) is 6.65. The highest BCUT2D eigenvalue weighted by Crippen LogP contribution is 2.18. The van der Waals surface area contributed by atoms with Gasteiger partial charge >= 0.3 is 0 Å². The van der Waals surface area contributed by atoms with Gasteiger partial charge in [-0.3, -0.25) is 4.79 Å². The topological polar surface area (TPSA) is 17.1 Å². The third kappa shape index (κ3) is 3.10. The Morgan fingerprint density at radius 2 is 2.21 bits per heavy atom. The summed E-state index contributed by atoms with van der Waals surface area (Å²) >= 11 is 9.23. The predicted octanol–water partition coefficient (Wildman–Crippen LogP) is 4.01. The molecule has 0 heterocycles. The second-order valence-corrected chi connectivity index (χ2v) is 4.38. The van der Waals surface area contributed by atoms with Crippen LogP contribution in [0.5, 0.6) is 0 Å². The van der Waals surface area contributed by atoms with Crippen molar-refractivity contribution in [1.29, 1.82) is 0 Å². The van der Waals surface area contributed by atoms with Crippen molar-refractivity contribution in [1.82, 2.24) is 0 Å².